The quantitative estimate of drug-likeness (QED) is 0.127. The van der Waals surface area contributed by atoms with Gasteiger partial charge in [0.05, 0.1) is 46.0 Å². The van der Waals surface area contributed by atoms with Gasteiger partial charge in [-0.15, -0.1) is 0 Å². The SMILES string of the molecule is CC(C)c1cc(N(c2ccc(C#N)c(-c3ccccc3)c2)c2cccc3c2oc2ccccc23)c2ccc3c(C(C)C)cc(N(c4ccc(C#N)c(-c5ccccc5)c4)c4cccc5c4oc4ccccc45)c4ccc1c2c34. The summed E-state index contributed by atoms with van der Waals surface area (Å²) in [6.07, 6.45) is 0. The minimum Gasteiger partial charge on any atom is -0.454 e. The van der Waals surface area contributed by atoms with E-state index in [0.717, 1.165) is 111 Å². The normalized spacial score (nSPS) is 11.8. The van der Waals surface area contributed by atoms with Crippen molar-refractivity contribution in [2.45, 2.75) is 39.5 Å². The third-order valence-electron chi connectivity index (χ3n) is 15.8. The third kappa shape index (κ3) is 7.22. The van der Waals surface area contributed by atoms with Gasteiger partial charge in [-0.3, -0.25) is 0 Å². The Kier molecular flexibility index (Phi) is 10.9. The summed E-state index contributed by atoms with van der Waals surface area (Å²) in [5, 5.41) is 32.2. The molecule has 0 radical (unpaired) electrons. The van der Waals surface area contributed by atoms with E-state index in [-0.39, 0.29) is 11.8 Å². The first-order valence-corrected chi connectivity index (χ1v) is 26.7. The minimum atomic E-state index is 0.138. The molecular formula is C72H50N4O2. The van der Waals surface area contributed by atoms with Crippen LogP contribution in [0.3, 0.4) is 0 Å². The zero-order valence-electron chi connectivity index (χ0n) is 43.5. The van der Waals surface area contributed by atoms with Gasteiger partial charge in [-0.05, 0) is 128 Å². The Morgan fingerprint density at radius 1 is 0.346 bits per heavy atom. The molecule has 2 aromatic heterocycles. The predicted molar refractivity (Wildman–Crippen MR) is 323 cm³/mol. The van der Waals surface area contributed by atoms with E-state index < -0.39 is 0 Å². The van der Waals surface area contributed by atoms with E-state index >= 15 is 0 Å². The van der Waals surface area contributed by atoms with E-state index in [9.17, 15) is 10.5 Å². The number of rotatable bonds is 10. The van der Waals surface area contributed by atoms with Crippen molar-refractivity contribution >= 4 is 110 Å². The van der Waals surface area contributed by atoms with Crippen LogP contribution in [-0.4, -0.2) is 0 Å². The summed E-state index contributed by atoms with van der Waals surface area (Å²) in [7, 11) is 0. The molecule has 0 unspecified atom stereocenters. The zero-order valence-corrected chi connectivity index (χ0v) is 43.5. The maximum atomic E-state index is 10.6. The maximum absolute atomic E-state index is 10.6. The number of furan rings is 2. The molecule has 6 heteroatoms. The predicted octanol–water partition coefficient (Wildman–Crippen LogP) is 20.6. The molecule has 0 amide bonds. The molecule has 0 spiro atoms. The van der Waals surface area contributed by atoms with Gasteiger partial charge in [0.2, 0.25) is 0 Å². The Morgan fingerprint density at radius 2 is 0.731 bits per heavy atom. The van der Waals surface area contributed by atoms with Gasteiger partial charge in [0.15, 0.2) is 11.2 Å². The van der Waals surface area contributed by atoms with E-state index in [0.29, 0.717) is 11.1 Å². The van der Waals surface area contributed by atoms with E-state index in [1.54, 1.807) is 0 Å². The van der Waals surface area contributed by atoms with Gasteiger partial charge in [-0.25, -0.2) is 0 Å². The van der Waals surface area contributed by atoms with Crippen LogP contribution in [0, 0.1) is 22.7 Å². The van der Waals surface area contributed by atoms with Crippen LogP contribution in [0.5, 0.6) is 0 Å². The number of anilines is 6. The molecular weight excluding hydrogens is 953 g/mol. The van der Waals surface area contributed by atoms with E-state index in [4.69, 9.17) is 8.83 Å². The molecule has 2 heterocycles. The molecule has 78 heavy (non-hydrogen) atoms. The highest BCUT2D eigenvalue weighted by molar-refractivity contribution is 6.30. The van der Waals surface area contributed by atoms with Gasteiger partial charge >= 0.3 is 0 Å². The molecule has 6 nitrogen and oxygen atoms in total. The maximum Gasteiger partial charge on any atom is 0.159 e. The van der Waals surface area contributed by atoms with Gasteiger partial charge in [-0.1, -0.05) is 173 Å². The number of hydrogen-bond donors (Lipinski definition) is 0. The molecule has 12 aromatic carbocycles. The third-order valence-corrected chi connectivity index (χ3v) is 15.8. The Hall–Kier alpha value is -10.1. The van der Waals surface area contributed by atoms with Gasteiger partial charge in [-0.2, -0.15) is 10.5 Å². The summed E-state index contributed by atoms with van der Waals surface area (Å²) in [4.78, 5) is 4.72. The Labute approximate surface area is 451 Å². The molecule has 0 saturated heterocycles. The van der Waals surface area contributed by atoms with Crippen LogP contribution >= 0.6 is 0 Å². The van der Waals surface area contributed by atoms with Crippen LogP contribution in [-0.2, 0) is 0 Å². The Balaban J connectivity index is 1.11. The number of hydrogen-bond acceptors (Lipinski definition) is 6. The van der Waals surface area contributed by atoms with Crippen molar-refractivity contribution < 1.29 is 8.83 Å². The Morgan fingerprint density at radius 3 is 1.14 bits per heavy atom. The van der Waals surface area contributed by atoms with Crippen LogP contribution < -0.4 is 9.80 Å². The van der Waals surface area contributed by atoms with E-state index in [1.165, 1.54) is 32.7 Å². The molecule has 0 bridgehead atoms. The lowest BCUT2D eigenvalue weighted by atomic mass is 9.84. The molecule has 0 saturated carbocycles. The number of benzene rings is 12. The van der Waals surface area contributed by atoms with Crippen LogP contribution in [0.1, 0.15) is 61.8 Å². The van der Waals surface area contributed by atoms with Gasteiger partial charge in [0, 0.05) is 54.8 Å². The fraction of sp³-hybridized carbons (Fsp3) is 0.0833. The smallest absolute Gasteiger partial charge is 0.159 e. The minimum absolute atomic E-state index is 0.138. The monoisotopic (exact) mass is 1000 g/mol. The summed E-state index contributed by atoms with van der Waals surface area (Å²) in [6.45, 7) is 9.13. The molecule has 0 aliphatic rings. The number of nitriles is 2. The van der Waals surface area contributed by atoms with E-state index in [1.807, 2.05) is 72.8 Å². The molecule has 0 aliphatic carbocycles. The van der Waals surface area contributed by atoms with Crippen LogP contribution in [0.4, 0.5) is 34.1 Å². The fourth-order valence-electron chi connectivity index (χ4n) is 12.2. The summed E-state index contributed by atoms with van der Waals surface area (Å²) in [5.41, 5.74) is 16.0. The second-order valence-electron chi connectivity index (χ2n) is 20.9. The van der Waals surface area contributed by atoms with Crippen molar-refractivity contribution in [2.75, 3.05) is 9.80 Å². The average molecular weight is 1000 g/mol. The summed E-state index contributed by atoms with van der Waals surface area (Å²) in [6, 6.07) is 81.2. The van der Waals surface area contributed by atoms with Crippen LogP contribution in [0.25, 0.3) is 98.4 Å². The van der Waals surface area contributed by atoms with Crippen LogP contribution in [0.2, 0.25) is 0 Å². The topological polar surface area (TPSA) is 80.3 Å². The largest absolute Gasteiger partial charge is 0.454 e. The first-order chi connectivity index (χ1) is 38.3. The molecule has 14 rings (SSSR count). The highest BCUT2D eigenvalue weighted by atomic mass is 16.3. The summed E-state index contributed by atoms with van der Waals surface area (Å²) in [5.74, 6) is 0.276. The van der Waals surface area contributed by atoms with Crippen molar-refractivity contribution in [3.63, 3.8) is 0 Å². The highest BCUT2D eigenvalue weighted by Crippen LogP contribution is 2.53. The van der Waals surface area contributed by atoms with Crippen molar-refractivity contribution in [2.24, 2.45) is 0 Å². The van der Waals surface area contributed by atoms with Gasteiger partial charge in [0.25, 0.3) is 0 Å². The number of para-hydroxylation sites is 4. The average Bonchev–Trinajstić information content (AvgIpc) is 4.15. The van der Waals surface area contributed by atoms with Gasteiger partial charge < -0.3 is 18.6 Å². The molecule has 14 aromatic rings. The zero-order chi connectivity index (χ0) is 52.8. The fourth-order valence-corrected chi connectivity index (χ4v) is 12.2. The number of nitrogens with zero attached hydrogens (tertiary/aromatic N) is 4. The second-order valence-corrected chi connectivity index (χ2v) is 20.9. The van der Waals surface area contributed by atoms with Crippen molar-refractivity contribution in [1.29, 1.82) is 10.5 Å². The first-order valence-electron chi connectivity index (χ1n) is 26.7. The molecule has 0 aliphatic heterocycles. The van der Waals surface area contributed by atoms with Crippen molar-refractivity contribution in [1.82, 2.24) is 0 Å². The standard InChI is InChI=1S/C72H50N4O2/c1-43(2)59-39-65(75(49-31-29-47(41-73)61(37-49)45-17-7-5-8-18-45)63-25-15-23-55-51-21-11-13-27-67(51)77-71(55)63)57-36-34-54-60(44(3)4)40-66(58-35-33-53(59)69(57)70(54)58)76(50-32-30-48(42-74)62(38-50)46-19-9-6-10-20-46)64-26-16-24-56-52-22-12-14-28-68(52)78-72(56)64/h5-40,43-44H,1-4H3. The lowest BCUT2D eigenvalue weighted by molar-refractivity contribution is 0.668. The number of fused-ring (bicyclic) bond motifs is 6. The van der Waals surface area contributed by atoms with E-state index in [2.05, 4.69) is 195 Å². The molecule has 0 atom stereocenters. The van der Waals surface area contributed by atoms with Gasteiger partial charge in [0.1, 0.15) is 11.2 Å². The highest BCUT2D eigenvalue weighted by Gasteiger charge is 2.29. The van der Waals surface area contributed by atoms with Crippen molar-refractivity contribution in [3.05, 3.63) is 241 Å². The Bertz CT molecular complexity index is 4480. The molecule has 0 fully saturated rings. The summed E-state index contributed by atoms with van der Waals surface area (Å²) < 4.78 is 13.8. The second kappa shape index (κ2) is 18.3. The molecule has 370 valence electrons. The first kappa shape index (κ1) is 46.4. The lowest BCUT2D eigenvalue weighted by Crippen LogP contribution is -2.13. The van der Waals surface area contributed by atoms with Crippen LogP contribution in [0.15, 0.2) is 227 Å². The molecule has 0 N–H and O–H groups in total. The summed E-state index contributed by atoms with van der Waals surface area (Å²) >= 11 is 0. The lowest BCUT2D eigenvalue weighted by Gasteiger charge is -2.32. The van der Waals surface area contributed by atoms with Crippen molar-refractivity contribution in [3.8, 4) is 34.4 Å².